The van der Waals surface area contributed by atoms with E-state index in [1.165, 1.54) is 12.1 Å². The van der Waals surface area contributed by atoms with Crippen molar-refractivity contribution in [2.75, 3.05) is 7.11 Å². The van der Waals surface area contributed by atoms with Gasteiger partial charge >= 0.3 is 0 Å². The van der Waals surface area contributed by atoms with Crippen LogP contribution in [0.3, 0.4) is 0 Å². The van der Waals surface area contributed by atoms with Crippen molar-refractivity contribution in [1.29, 1.82) is 0 Å². The summed E-state index contributed by atoms with van der Waals surface area (Å²) in [5, 5.41) is 0. The number of methoxy groups -OCH3 is 1. The molecule has 100 valence electrons. The summed E-state index contributed by atoms with van der Waals surface area (Å²) in [6.07, 6.45) is 0.597. The third-order valence-corrected chi connectivity index (χ3v) is 3.67. The molecule has 4 heteroatoms. The molecule has 0 aromatic heterocycles. The first-order valence-corrected chi connectivity index (χ1v) is 6.73. The van der Waals surface area contributed by atoms with Crippen molar-refractivity contribution in [2.24, 2.45) is 0 Å². The van der Waals surface area contributed by atoms with E-state index in [2.05, 4.69) is 15.9 Å². The number of hydrogen-bond donors (Lipinski definition) is 0. The van der Waals surface area contributed by atoms with Gasteiger partial charge in [0.1, 0.15) is 17.4 Å². The molecular formula is C15H13BrF2O. The molecule has 1 atom stereocenters. The number of benzene rings is 2. The maximum atomic E-state index is 13.7. The van der Waals surface area contributed by atoms with Crippen LogP contribution < -0.4 is 4.74 Å². The smallest absolute Gasteiger partial charge is 0.130 e. The molecule has 0 aliphatic heterocycles. The molecule has 1 nitrogen and oxygen atoms in total. The maximum Gasteiger partial charge on any atom is 0.130 e. The van der Waals surface area contributed by atoms with Gasteiger partial charge in [0, 0.05) is 16.5 Å². The molecule has 19 heavy (non-hydrogen) atoms. The minimum atomic E-state index is -0.567. The van der Waals surface area contributed by atoms with Crippen molar-refractivity contribution < 1.29 is 13.5 Å². The van der Waals surface area contributed by atoms with Crippen molar-refractivity contribution in [2.45, 2.75) is 11.2 Å². The first kappa shape index (κ1) is 14.0. The van der Waals surface area contributed by atoms with Crippen LogP contribution in [0.2, 0.25) is 0 Å². The van der Waals surface area contributed by atoms with Gasteiger partial charge in [0.05, 0.1) is 7.11 Å². The molecule has 0 fully saturated rings. The summed E-state index contributed by atoms with van der Waals surface area (Å²) in [5.41, 5.74) is 1.47. The molecule has 0 saturated carbocycles. The Morgan fingerprint density at radius 3 is 2.63 bits per heavy atom. The first-order valence-electron chi connectivity index (χ1n) is 5.82. The fourth-order valence-corrected chi connectivity index (χ4v) is 2.62. The Bertz CT molecular complexity index is 572. The van der Waals surface area contributed by atoms with Crippen molar-refractivity contribution >= 4 is 15.9 Å². The molecule has 2 aromatic carbocycles. The highest BCUT2D eigenvalue weighted by atomic mass is 79.9. The first-order chi connectivity index (χ1) is 9.10. The van der Waals surface area contributed by atoms with Crippen LogP contribution in [-0.4, -0.2) is 7.11 Å². The Hall–Kier alpha value is -1.42. The van der Waals surface area contributed by atoms with E-state index in [1.54, 1.807) is 7.11 Å². The van der Waals surface area contributed by atoms with Crippen molar-refractivity contribution in [3.63, 3.8) is 0 Å². The van der Waals surface area contributed by atoms with Crippen LogP contribution in [-0.2, 0) is 6.42 Å². The Labute approximate surface area is 119 Å². The van der Waals surface area contributed by atoms with Gasteiger partial charge < -0.3 is 4.74 Å². The van der Waals surface area contributed by atoms with Gasteiger partial charge in [0.2, 0.25) is 0 Å². The quantitative estimate of drug-likeness (QED) is 0.743. The molecule has 0 radical (unpaired) electrons. The molecule has 0 amide bonds. The lowest BCUT2D eigenvalue weighted by molar-refractivity contribution is 0.414. The molecule has 0 N–H and O–H groups in total. The van der Waals surface area contributed by atoms with Gasteiger partial charge in [0.15, 0.2) is 0 Å². The van der Waals surface area contributed by atoms with Gasteiger partial charge in [-0.1, -0.05) is 34.1 Å². The lowest BCUT2D eigenvalue weighted by Gasteiger charge is -2.12. The fourth-order valence-electron chi connectivity index (χ4n) is 1.87. The summed E-state index contributed by atoms with van der Waals surface area (Å²) >= 11 is 3.44. The molecule has 2 aromatic rings. The highest BCUT2D eigenvalue weighted by Gasteiger charge is 2.14. The maximum absolute atomic E-state index is 13.7. The second-order valence-corrected chi connectivity index (χ2v) is 5.29. The predicted octanol–water partition coefficient (Wildman–Crippen LogP) is 4.65. The van der Waals surface area contributed by atoms with Crippen molar-refractivity contribution in [3.05, 3.63) is 65.2 Å². The van der Waals surface area contributed by atoms with Gasteiger partial charge in [-0.05, 0) is 30.2 Å². The number of ether oxygens (including phenoxy) is 1. The van der Waals surface area contributed by atoms with Gasteiger partial charge in [-0.2, -0.15) is 0 Å². The lowest BCUT2D eigenvalue weighted by atomic mass is 10.0. The van der Waals surface area contributed by atoms with Gasteiger partial charge in [-0.25, -0.2) is 8.78 Å². The monoisotopic (exact) mass is 326 g/mol. The fraction of sp³-hybridized carbons (Fsp3) is 0.200. The number of alkyl halides is 1. The van der Waals surface area contributed by atoms with E-state index in [9.17, 15) is 8.78 Å². The van der Waals surface area contributed by atoms with Crippen LogP contribution in [0.4, 0.5) is 8.78 Å². The van der Waals surface area contributed by atoms with E-state index in [0.29, 0.717) is 12.0 Å². The Morgan fingerprint density at radius 2 is 1.95 bits per heavy atom. The molecular weight excluding hydrogens is 314 g/mol. The third kappa shape index (κ3) is 3.53. The van der Waals surface area contributed by atoms with E-state index < -0.39 is 11.6 Å². The van der Waals surface area contributed by atoms with Crippen LogP contribution in [0.5, 0.6) is 5.75 Å². The molecule has 0 heterocycles. The summed E-state index contributed by atoms with van der Waals surface area (Å²) < 4.78 is 31.7. The number of rotatable bonds is 4. The summed E-state index contributed by atoms with van der Waals surface area (Å²) in [7, 11) is 1.60. The van der Waals surface area contributed by atoms with Crippen LogP contribution in [0.1, 0.15) is 16.0 Å². The predicted molar refractivity (Wildman–Crippen MR) is 74.7 cm³/mol. The Balaban J connectivity index is 2.17. The van der Waals surface area contributed by atoms with Gasteiger partial charge in [-0.3, -0.25) is 0 Å². The van der Waals surface area contributed by atoms with Crippen LogP contribution >= 0.6 is 15.9 Å². The largest absolute Gasteiger partial charge is 0.497 e. The van der Waals surface area contributed by atoms with Crippen molar-refractivity contribution in [3.8, 4) is 5.75 Å². The molecule has 0 spiro atoms. The highest BCUT2D eigenvalue weighted by molar-refractivity contribution is 9.09. The van der Waals surface area contributed by atoms with E-state index in [0.717, 1.165) is 17.4 Å². The van der Waals surface area contributed by atoms with Crippen molar-refractivity contribution in [1.82, 2.24) is 0 Å². The van der Waals surface area contributed by atoms with Crippen LogP contribution in [0, 0.1) is 11.6 Å². The van der Waals surface area contributed by atoms with E-state index in [4.69, 9.17) is 4.74 Å². The number of halogens is 3. The molecule has 0 bridgehead atoms. The average Bonchev–Trinajstić information content (AvgIpc) is 2.38. The van der Waals surface area contributed by atoms with E-state index in [-0.39, 0.29) is 4.83 Å². The molecule has 2 rings (SSSR count). The second-order valence-electron chi connectivity index (χ2n) is 4.19. The molecule has 1 unspecified atom stereocenters. The minimum absolute atomic E-state index is 0.208. The normalized spacial score (nSPS) is 12.2. The zero-order chi connectivity index (χ0) is 13.8. The molecule has 0 saturated heterocycles. The minimum Gasteiger partial charge on any atom is -0.497 e. The van der Waals surface area contributed by atoms with Gasteiger partial charge in [-0.15, -0.1) is 0 Å². The highest BCUT2D eigenvalue weighted by Crippen LogP contribution is 2.30. The zero-order valence-corrected chi connectivity index (χ0v) is 12.0. The van der Waals surface area contributed by atoms with E-state index >= 15 is 0 Å². The van der Waals surface area contributed by atoms with Gasteiger partial charge in [0.25, 0.3) is 0 Å². The average molecular weight is 327 g/mol. The zero-order valence-electron chi connectivity index (χ0n) is 10.4. The summed E-state index contributed by atoms with van der Waals surface area (Å²) in [6, 6.07) is 11.2. The summed E-state index contributed by atoms with van der Waals surface area (Å²) in [6.45, 7) is 0. The topological polar surface area (TPSA) is 9.23 Å². The lowest BCUT2D eigenvalue weighted by Crippen LogP contribution is -1.99. The Kier molecular flexibility index (Phi) is 4.53. The SMILES string of the molecule is COc1cccc(CC(Br)c2ccc(F)cc2F)c1. The third-order valence-electron chi connectivity index (χ3n) is 2.85. The van der Waals surface area contributed by atoms with Crippen LogP contribution in [0.25, 0.3) is 0 Å². The molecule has 0 aliphatic carbocycles. The second kappa shape index (κ2) is 6.15. The van der Waals surface area contributed by atoms with Crippen LogP contribution in [0.15, 0.2) is 42.5 Å². The summed E-state index contributed by atoms with van der Waals surface area (Å²) in [4.78, 5) is -0.208. The molecule has 0 aliphatic rings. The van der Waals surface area contributed by atoms with E-state index in [1.807, 2.05) is 24.3 Å². The summed E-state index contributed by atoms with van der Waals surface area (Å²) in [5.74, 6) is -0.344. The standard InChI is InChI=1S/C15H13BrF2O/c1-19-12-4-2-3-10(7-12)8-14(16)13-6-5-11(17)9-15(13)18/h2-7,9,14H,8H2,1H3. The Morgan fingerprint density at radius 1 is 1.16 bits per heavy atom. The number of hydrogen-bond acceptors (Lipinski definition) is 1.